The van der Waals surface area contributed by atoms with Gasteiger partial charge in [-0.3, -0.25) is 0 Å². The lowest BCUT2D eigenvalue weighted by molar-refractivity contribution is 0.169. The Morgan fingerprint density at radius 3 is 2.24 bits per heavy atom. The van der Waals surface area contributed by atoms with Gasteiger partial charge in [-0.25, -0.2) is 8.42 Å². The standard InChI is InChI=1S/C16H25NO3S/c1-12(2)16(8-9-16)11-17-10-15(18)13-4-6-14(7-5-13)21(3,19)20/h4-7,12,15,17-18H,8-11H2,1-3H3. The Labute approximate surface area is 127 Å². The molecule has 0 aliphatic heterocycles. The molecular formula is C16H25NO3S. The average molecular weight is 311 g/mol. The lowest BCUT2D eigenvalue weighted by atomic mass is 9.92. The molecule has 0 bridgehead atoms. The number of benzene rings is 1. The van der Waals surface area contributed by atoms with Crippen LogP contribution in [-0.4, -0.2) is 32.9 Å². The van der Waals surface area contributed by atoms with Gasteiger partial charge in [0, 0.05) is 19.3 Å². The molecule has 2 rings (SSSR count). The van der Waals surface area contributed by atoms with Crippen LogP contribution in [0.2, 0.25) is 0 Å². The van der Waals surface area contributed by atoms with Gasteiger partial charge in [-0.15, -0.1) is 0 Å². The summed E-state index contributed by atoms with van der Waals surface area (Å²) < 4.78 is 22.8. The number of aliphatic hydroxyl groups excluding tert-OH is 1. The normalized spacial score (nSPS) is 18.7. The summed E-state index contributed by atoms with van der Waals surface area (Å²) in [5.41, 5.74) is 1.16. The van der Waals surface area contributed by atoms with Crippen LogP contribution in [0.1, 0.15) is 38.4 Å². The van der Waals surface area contributed by atoms with Gasteiger partial charge < -0.3 is 10.4 Å². The lowest BCUT2D eigenvalue weighted by Crippen LogP contribution is -2.30. The highest BCUT2D eigenvalue weighted by Crippen LogP contribution is 2.51. The predicted octanol–water partition coefficient (Wildman–Crippen LogP) is 2.15. The second kappa shape index (κ2) is 6.07. The van der Waals surface area contributed by atoms with Crippen LogP contribution in [0.15, 0.2) is 29.2 Å². The molecular weight excluding hydrogens is 286 g/mol. The Bertz CT molecular complexity index is 574. The number of nitrogens with one attached hydrogen (secondary N) is 1. The summed E-state index contributed by atoms with van der Waals surface area (Å²) in [7, 11) is -3.18. The van der Waals surface area contributed by atoms with E-state index in [1.165, 1.54) is 19.1 Å². The van der Waals surface area contributed by atoms with Gasteiger partial charge in [0.25, 0.3) is 0 Å². The molecule has 0 saturated heterocycles. The van der Waals surface area contributed by atoms with Crippen LogP contribution in [0.4, 0.5) is 0 Å². The summed E-state index contributed by atoms with van der Waals surface area (Å²) in [6.07, 6.45) is 3.09. The third-order valence-electron chi connectivity index (χ3n) is 4.62. The van der Waals surface area contributed by atoms with Crippen molar-refractivity contribution >= 4 is 9.84 Å². The van der Waals surface area contributed by atoms with Gasteiger partial charge in [0.05, 0.1) is 11.0 Å². The monoisotopic (exact) mass is 311 g/mol. The van der Waals surface area contributed by atoms with Crippen molar-refractivity contribution in [1.82, 2.24) is 5.32 Å². The summed E-state index contributed by atoms with van der Waals surface area (Å²) in [6.45, 7) is 5.92. The van der Waals surface area contributed by atoms with Gasteiger partial charge in [0.2, 0.25) is 0 Å². The molecule has 0 heterocycles. The van der Waals surface area contributed by atoms with E-state index < -0.39 is 15.9 Å². The van der Waals surface area contributed by atoms with Gasteiger partial charge in [0.1, 0.15) is 0 Å². The maximum absolute atomic E-state index is 11.4. The maximum atomic E-state index is 11.4. The van der Waals surface area contributed by atoms with Crippen molar-refractivity contribution in [2.75, 3.05) is 19.3 Å². The van der Waals surface area contributed by atoms with E-state index in [4.69, 9.17) is 0 Å². The molecule has 1 aromatic carbocycles. The van der Waals surface area contributed by atoms with E-state index in [1.54, 1.807) is 24.3 Å². The fourth-order valence-electron chi connectivity index (χ4n) is 2.63. The molecule has 1 unspecified atom stereocenters. The van der Waals surface area contributed by atoms with E-state index in [0.29, 0.717) is 17.9 Å². The Kier molecular flexibility index (Phi) is 4.76. The zero-order valence-electron chi connectivity index (χ0n) is 13.0. The predicted molar refractivity (Wildman–Crippen MR) is 83.9 cm³/mol. The third kappa shape index (κ3) is 4.05. The Morgan fingerprint density at radius 2 is 1.81 bits per heavy atom. The zero-order valence-corrected chi connectivity index (χ0v) is 13.8. The topological polar surface area (TPSA) is 66.4 Å². The highest BCUT2D eigenvalue weighted by Gasteiger charge is 2.44. The summed E-state index contributed by atoms with van der Waals surface area (Å²) in [5, 5.41) is 13.5. The molecule has 1 aromatic rings. The second-order valence-electron chi connectivity index (χ2n) is 6.50. The molecule has 1 aliphatic rings. The van der Waals surface area contributed by atoms with E-state index >= 15 is 0 Å². The first-order valence-corrected chi connectivity index (χ1v) is 9.32. The molecule has 0 radical (unpaired) electrons. The van der Waals surface area contributed by atoms with E-state index in [9.17, 15) is 13.5 Å². The van der Waals surface area contributed by atoms with Crippen molar-refractivity contribution in [3.63, 3.8) is 0 Å². The first kappa shape index (κ1) is 16.5. The molecule has 4 nitrogen and oxygen atoms in total. The zero-order chi connectivity index (χ0) is 15.7. The van der Waals surface area contributed by atoms with Crippen LogP contribution in [0, 0.1) is 11.3 Å². The van der Waals surface area contributed by atoms with E-state index in [2.05, 4.69) is 19.2 Å². The summed E-state index contributed by atoms with van der Waals surface area (Å²) in [5.74, 6) is 0.663. The van der Waals surface area contributed by atoms with Crippen LogP contribution in [0.25, 0.3) is 0 Å². The minimum absolute atomic E-state index is 0.281. The number of hydrogen-bond acceptors (Lipinski definition) is 4. The molecule has 0 spiro atoms. The fraction of sp³-hybridized carbons (Fsp3) is 0.625. The highest BCUT2D eigenvalue weighted by atomic mass is 32.2. The van der Waals surface area contributed by atoms with Gasteiger partial charge in [-0.1, -0.05) is 26.0 Å². The van der Waals surface area contributed by atoms with Crippen molar-refractivity contribution in [2.45, 2.75) is 37.7 Å². The van der Waals surface area contributed by atoms with Crippen molar-refractivity contribution < 1.29 is 13.5 Å². The van der Waals surface area contributed by atoms with Crippen LogP contribution in [0.3, 0.4) is 0 Å². The lowest BCUT2D eigenvalue weighted by Gasteiger charge is -2.21. The average Bonchev–Trinajstić information content (AvgIpc) is 3.19. The van der Waals surface area contributed by atoms with E-state index in [-0.39, 0.29) is 4.90 Å². The van der Waals surface area contributed by atoms with Gasteiger partial charge in [-0.2, -0.15) is 0 Å². The van der Waals surface area contributed by atoms with Gasteiger partial charge >= 0.3 is 0 Å². The summed E-state index contributed by atoms with van der Waals surface area (Å²) in [6, 6.07) is 6.45. The maximum Gasteiger partial charge on any atom is 0.175 e. The fourth-order valence-corrected chi connectivity index (χ4v) is 3.26. The van der Waals surface area contributed by atoms with Crippen LogP contribution >= 0.6 is 0 Å². The molecule has 0 amide bonds. The Balaban J connectivity index is 1.88. The second-order valence-corrected chi connectivity index (χ2v) is 8.52. The third-order valence-corrected chi connectivity index (χ3v) is 5.75. The first-order chi connectivity index (χ1) is 9.74. The minimum Gasteiger partial charge on any atom is -0.387 e. The van der Waals surface area contributed by atoms with Crippen LogP contribution < -0.4 is 5.32 Å². The summed E-state index contributed by atoms with van der Waals surface area (Å²) >= 11 is 0. The molecule has 1 fully saturated rings. The van der Waals surface area contributed by atoms with Gasteiger partial charge in [-0.05, 0) is 41.9 Å². The molecule has 21 heavy (non-hydrogen) atoms. The van der Waals surface area contributed by atoms with Crippen LogP contribution in [0.5, 0.6) is 0 Å². The Morgan fingerprint density at radius 1 is 1.24 bits per heavy atom. The smallest absolute Gasteiger partial charge is 0.175 e. The molecule has 118 valence electrons. The van der Waals surface area contributed by atoms with E-state index in [0.717, 1.165) is 12.1 Å². The van der Waals surface area contributed by atoms with Gasteiger partial charge in [0.15, 0.2) is 9.84 Å². The Hall–Kier alpha value is -0.910. The molecule has 1 aliphatic carbocycles. The number of rotatable bonds is 7. The van der Waals surface area contributed by atoms with Crippen LogP contribution in [-0.2, 0) is 9.84 Å². The van der Waals surface area contributed by atoms with Crippen molar-refractivity contribution in [3.05, 3.63) is 29.8 Å². The van der Waals surface area contributed by atoms with Crippen molar-refractivity contribution in [3.8, 4) is 0 Å². The minimum atomic E-state index is -3.18. The molecule has 0 aromatic heterocycles. The SMILES string of the molecule is CC(C)C1(CNCC(O)c2ccc(S(C)(=O)=O)cc2)CC1. The quantitative estimate of drug-likeness (QED) is 0.810. The van der Waals surface area contributed by atoms with Crippen molar-refractivity contribution in [1.29, 1.82) is 0 Å². The molecule has 2 N–H and O–H groups in total. The largest absolute Gasteiger partial charge is 0.387 e. The molecule has 5 heteroatoms. The summed E-state index contributed by atoms with van der Waals surface area (Å²) in [4.78, 5) is 0.281. The number of sulfone groups is 1. The first-order valence-electron chi connectivity index (χ1n) is 7.43. The highest BCUT2D eigenvalue weighted by molar-refractivity contribution is 7.90. The number of hydrogen-bond donors (Lipinski definition) is 2. The number of aliphatic hydroxyl groups is 1. The van der Waals surface area contributed by atoms with E-state index in [1.807, 2.05) is 0 Å². The van der Waals surface area contributed by atoms with Crippen molar-refractivity contribution in [2.24, 2.45) is 11.3 Å². The molecule has 1 saturated carbocycles. The molecule has 1 atom stereocenters.